The van der Waals surface area contributed by atoms with Crippen molar-refractivity contribution in [1.82, 2.24) is 9.55 Å². The van der Waals surface area contributed by atoms with Crippen LogP contribution in [0.25, 0.3) is 0 Å². The normalized spacial score (nSPS) is 11.4. The van der Waals surface area contributed by atoms with Gasteiger partial charge >= 0.3 is 0 Å². The first kappa shape index (κ1) is 12.6. The van der Waals surface area contributed by atoms with Gasteiger partial charge in [-0.15, -0.1) is 0 Å². The Morgan fingerprint density at radius 2 is 2.11 bits per heavy atom. The molecule has 0 aliphatic carbocycles. The summed E-state index contributed by atoms with van der Waals surface area (Å²) < 4.78 is 29.0. The zero-order valence-corrected chi connectivity index (χ0v) is 10.6. The molecule has 18 heavy (non-hydrogen) atoms. The van der Waals surface area contributed by atoms with E-state index in [9.17, 15) is 8.42 Å². The lowest BCUT2D eigenvalue weighted by atomic mass is 10.2. The summed E-state index contributed by atoms with van der Waals surface area (Å²) in [5, 5.41) is 4.85. The molecule has 0 unspecified atom stereocenters. The Bertz CT molecular complexity index is 649. The van der Waals surface area contributed by atoms with Crippen LogP contribution in [-0.4, -0.2) is 25.1 Å². The molecule has 0 aliphatic heterocycles. The highest BCUT2D eigenvalue weighted by Gasteiger charge is 2.12. The summed E-state index contributed by atoms with van der Waals surface area (Å²) in [7, 11) is -2.17. The summed E-state index contributed by atoms with van der Waals surface area (Å²) in [5.41, 5.74) is 0.929. The number of hydrogen-bond donors (Lipinski definition) is 1. The van der Waals surface area contributed by atoms with Gasteiger partial charge in [0.25, 0.3) is 10.0 Å². The highest BCUT2D eigenvalue weighted by Crippen LogP contribution is 2.18. The second kappa shape index (κ2) is 4.79. The number of methoxy groups -OCH3 is 1. The zero-order valence-electron chi connectivity index (χ0n) is 9.78. The van der Waals surface area contributed by atoms with E-state index in [0.717, 1.165) is 11.3 Å². The van der Waals surface area contributed by atoms with Gasteiger partial charge in [-0.3, -0.25) is 0 Å². The summed E-state index contributed by atoms with van der Waals surface area (Å²) in [6.07, 6.45) is 2.81. The van der Waals surface area contributed by atoms with Crippen LogP contribution >= 0.6 is 0 Å². The van der Waals surface area contributed by atoms with E-state index in [2.05, 4.69) is 4.98 Å². The molecule has 0 aliphatic rings. The van der Waals surface area contributed by atoms with Crippen molar-refractivity contribution in [2.75, 3.05) is 7.11 Å². The number of hydrogen-bond acceptors (Lipinski definition) is 4. The van der Waals surface area contributed by atoms with E-state index in [-0.39, 0.29) is 5.03 Å². The average Bonchev–Trinajstić information content (AvgIpc) is 2.78. The third-order valence-electron chi connectivity index (χ3n) is 2.45. The van der Waals surface area contributed by atoms with E-state index in [4.69, 9.17) is 9.88 Å². The molecule has 1 aromatic heterocycles. The SMILES string of the molecule is COc1ccccc1Cn1cnc(S(N)(=O)=O)c1. The molecule has 0 radical (unpaired) electrons. The summed E-state index contributed by atoms with van der Waals surface area (Å²) in [6.45, 7) is 0.465. The fourth-order valence-corrected chi connectivity index (χ4v) is 2.08. The lowest BCUT2D eigenvalue weighted by Crippen LogP contribution is -2.12. The van der Waals surface area contributed by atoms with Crippen LogP contribution < -0.4 is 9.88 Å². The van der Waals surface area contributed by atoms with Crippen LogP contribution in [0.1, 0.15) is 5.56 Å². The number of benzene rings is 1. The molecule has 2 rings (SSSR count). The van der Waals surface area contributed by atoms with Gasteiger partial charge in [0, 0.05) is 11.8 Å². The topological polar surface area (TPSA) is 87.2 Å². The maximum absolute atomic E-state index is 11.1. The predicted molar refractivity (Wildman–Crippen MR) is 65.7 cm³/mol. The van der Waals surface area contributed by atoms with Crippen LogP contribution in [0.5, 0.6) is 5.75 Å². The molecule has 0 amide bonds. The molecule has 2 N–H and O–H groups in total. The molecule has 7 heteroatoms. The van der Waals surface area contributed by atoms with Crippen LogP contribution in [0.15, 0.2) is 41.8 Å². The second-order valence-corrected chi connectivity index (χ2v) is 5.25. The van der Waals surface area contributed by atoms with Crippen molar-refractivity contribution in [3.8, 4) is 5.75 Å². The molecule has 2 aromatic rings. The highest BCUT2D eigenvalue weighted by molar-refractivity contribution is 7.89. The number of nitrogens with two attached hydrogens (primary N) is 1. The Kier molecular flexibility index (Phi) is 3.35. The fourth-order valence-electron chi connectivity index (χ4n) is 1.60. The molecule has 0 saturated carbocycles. The van der Waals surface area contributed by atoms with Gasteiger partial charge in [0.2, 0.25) is 0 Å². The summed E-state index contributed by atoms with van der Waals surface area (Å²) in [5.74, 6) is 0.739. The van der Waals surface area contributed by atoms with Crippen molar-refractivity contribution in [1.29, 1.82) is 0 Å². The molecule has 0 atom stereocenters. The zero-order chi connectivity index (χ0) is 13.2. The predicted octanol–water partition coefficient (Wildman–Crippen LogP) is 0.587. The van der Waals surface area contributed by atoms with Gasteiger partial charge in [-0.1, -0.05) is 18.2 Å². The van der Waals surface area contributed by atoms with Crippen molar-refractivity contribution in [3.63, 3.8) is 0 Å². The first-order valence-corrected chi connectivity index (χ1v) is 6.72. The minimum Gasteiger partial charge on any atom is -0.496 e. The lowest BCUT2D eigenvalue weighted by Gasteiger charge is -2.08. The highest BCUT2D eigenvalue weighted by atomic mass is 32.2. The van der Waals surface area contributed by atoms with Gasteiger partial charge in [-0.2, -0.15) is 0 Å². The third-order valence-corrected chi connectivity index (χ3v) is 3.24. The van der Waals surface area contributed by atoms with E-state index in [1.54, 1.807) is 11.7 Å². The van der Waals surface area contributed by atoms with Crippen LogP contribution in [-0.2, 0) is 16.6 Å². The molecule has 0 saturated heterocycles. The molecule has 1 heterocycles. The summed E-state index contributed by atoms with van der Waals surface area (Å²) >= 11 is 0. The molecule has 0 spiro atoms. The van der Waals surface area contributed by atoms with Gasteiger partial charge in [0.1, 0.15) is 5.75 Å². The Balaban J connectivity index is 2.27. The number of sulfonamides is 1. The molecule has 1 aromatic carbocycles. The maximum Gasteiger partial charge on any atom is 0.257 e. The molecular formula is C11H13N3O3S. The standard InChI is InChI=1S/C11H13N3O3S/c1-17-10-5-3-2-4-9(10)6-14-7-11(13-8-14)18(12,15)16/h2-5,7-8H,6H2,1H3,(H2,12,15,16). The van der Waals surface area contributed by atoms with E-state index < -0.39 is 10.0 Å². The van der Waals surface area contributed by atoms with Crippen LogP contribution in [0.2, 0.25) is 0 Å². The number of aromatic nitrogens is 2. The number of primary sulfonamides is 1. The quantitative estimate of drug-likeness (QED) is 0.878. The largest absolute Gasteiger partial charge is 0.496 e. The first-order valence-electron chi connectivity index (χ1n) is 5.17. The average molecular weight is 267 g/mol. The first-order chi connectivity index (χ1) is 8.50. The maximum atomic E-state index is 11.1. The Labute approximate surface area is 105 Å². The number of nitrogens with zero attached hydrogens (tertiary/aromatic N) is 2. The van der Waals surface area contributed by atoms with Gasteiger partial charge in [-0.25, -0.2) is 18.5 Å². The molecule has 0 fully saturated rings. The van der Waals surface area contributed by atoms with Crippen molar-refractivity contribution in [2.24, 2.45) is 5.14 Å². The summed E-state index contributed by atoms with van der Waals surface area (Å²) in [4.78, 5) is 3.75. The van der Waals surface area contributed by atoms with Crippen molar-refractivity contribution in [2.45, 2.75) is 11.6 Å². The molecular weight excluding hydrogens is 254 g/mol. The van der Waals surface area contributed by atoms with Crippen molar-refractivity contribution >= 4 is 10.0 Å². The minimum absolute atomic E-state index is 0.141. The molecule has 0 bridgehead atoms. The smallest absolute Gasteiger partial charge is 0.257 e. The van der Waals surface area contributed by atoms with Crippen LogP contribution in [0.4, 0.5) is 0 Å². The number of rotatable bonds is 4. The van der Waals surface area contributed by atoms with E-state index >= 15 is 0 Å². The van der Waals surface area contributed by atoms with Gasteiger partial charge in [0.15, 0.2) is 5.03 Å². The van der Waals surface area contributed by atoms with Gasteiger partial charge in [-0.05, 0) is 6.07 Å². The minimum atomic E-state index is -3.75. The summed E-state index contributed by atoms with van der Waals surface area (Å²) in [6, 6.07) is 7.49. The fraction of sp³-hybridized carbons (Fsp3) is 0.182. The van der Waals surface area contributed by atoms with Crippen molar-refractivity contribution < 1.29 is 13.2 Å². The number of ether oxygens (including phenoxy) is 1. The Morgan fingerprint density at radius 1 is 1.39 bits per heavy atom. The molecule has 96 valence electrons. The van der Waals surface area contributed by atoms with E-state index in [1.165, 1.54) is 12.5 Å². The van der Waals surface area contributed by atoms with Gasteiger partial charge < -0.3 is 9.30 Å². The Morgan fingerprint density at radius 3 is 2.72 bits per heavy atom. The number of para-hydroxylation sites is 1. The van der Waals surface area contributed by atoms with Crippen LogP contribution in [0.3, 0.4) is 0 Å². The van der Waals surface area contributed by atoms with Crippen LogP contribution in [0, 0.1) is 0 Å². The lowest BCUT2D eigenvalue weighted by molar-refractivity contribution is 0.408. The monoisotopic (exact) mass is 267 g/mol. The van der Waals surface area contributed by atoms with E-state index in [0.29, 0.717) is 6.54 Å². The van der Waals surface area contributed by atoms with Crippen molar-refractivity contribution in [3.05, 3.63) is 42.4 Å². The Hall–Kier alpha value is -1.86. The van der Waals surface area contributed by atoms with Gasteiger partial charge in [0.05, 0.1) is 20.0 Å². The van der Waals surface area contributed by atoms with E-state index in [1.807, 2.05) is 24.3 Å². The second-order valence-electron chi connectivity index (χ2n) is 3.74. The molecule has 6 nitrogen and oxygen atoms in total. The third kappa shape index (κ3) is 2.69. The number of imidazole rings is 1.